The molecule has 8 nitrogen and oxygen atoms in total. The van der Waals surface area contributed by atoms with Crippen molar-refractivity contribution in [1.82, 2.24) is 9.69 Å². The minimum absolute atomic E-state index is 0.0200. The molecular weight excluding hydrogens is 474 g/mol. The Kier molecular flexibility index (Phi) is 8.25. The van der Waals surface area contributed by atoms with Crippen molar-refractivity contribution in [1.29, 1.82) is 0 Å². The predicted molar refractivity (Wildman–Crippen MR) is 135 cm³/mol. The van der Waals surface area contributed by atoms with Gasteiger partial charge in [-0.05, 0) is 53.7 Å². The molecule has 0 unspecified atom stereocenters. The van der Waals surface area contributed by atoms with E-state index in [9.17, 15) is 14.4 Å². The SMILES string of the molecule is CC(C)CCNC(=O)[C@H](c1ccc(Cl)cc1)N(C(=O)c1snc(C(N)=O)c1N)c1ccccc1. The van der Waals surface area contributed by atoms with Gasteiger partial charge in [0.25, 0.3) is 11.8 Å². The number of benzene rings is 2. The zero-order chi connectivity index (χ0) is 24.8. The number of carbonyl (C=O) groups is 3. The third-order valence-corrected chi connectivity index (χ3v) is 6.22. The van der Waals surface area contributed by atoms with Crippen LogP contribution in [0.25, 0.3) is 0 Å². The maximum absolute atomic E-state index is 13.8. The van der Waals surface area contributed by atoms with Crippen LogP contribution in [0.4, 0.5) is 11.4 Å². The van der Waals surface area contributed by atoms with E-state index in [4.69, 9.17) is 23.1 Å². The van der Waals surface area contributed by atoms with E-state index in [1.807, 2.05) is 0 Å². The lowest BCUT2D eigenvalue weighted by Crippen LogP contribution is -2.44. The third kappa shape index (κ3) is 5.73. The van der Waals surface area contributed by atoms with Crippen molar-refractivity contribution in [2.45, 2.75) is 26.3 Å². The Morgan fingerprint density at radius 3 is 2.29 bits per heavy atom. The number of amides is 3. The van der Waals surface area contributed by atoms with E-state index in [-0.39, 0.29) is 22.2 Å². The van der Waals surface area contributed by atoms with Crippen molar-refractivity contribution in [3.63, 3.8) is 0 Å². The van der Waals surface area contributed by atoms with E-state index in [1.54, 1.807) is 54.6 Å². The number of anilines is 2. The second kappa shape index (κ2) is 11.1. The normalized spacial score (nSPS) is 11.8. The Hall–Kier alpha value is -3.43. The second-order valence-corrected chi connectivity index (χ2v) is 9.29. The fourth-order valence-corrected chi connectivity index (χ4v) is 4.22. The summed E-state index contributed by atoms with van der Waals surface area (Å²) in [6, 6.07) is 14.4. The van der Waals surface area contributed by atoms with Crippen molar-refractivity contribution in [3.05, 3.63) is 75.8 Å². The standard InChI is InChI=1S/C24H26ClN5O3S/c1-14(2)12-13-28-23(32)20(15-8-10-16(25)11-9-15)30(17-6-4-3-5-7-17)24(33)21-18(26)19(22(27)31)29-34-21/h3-11,14,20H,12-13,26H2,1-2H3,(H2,27,31)(H,28,32)/t20-/m0/s1. The predicted octanol–water partition coefficient (Wildman–Crippen LogP) is 4.03. The minimum atomic E-state index is -1.03. The molecular formula is C24H26ClN5O3S. The summed E-state index contributed by atoms with van der Waals surface area (Å²) in [7, 11) is 0. The molecule has 3 rings (SSSR count). The van der Waals surface area contributed by atoms with Gasteiger partial charge < -0.3 is 16.8 Å². The van der Waals surface area contributed by atoms with Gasteiger partial charge in [0.2, 0.25) is 5.91 Å². The molecule has 5 N–H and O–H groups in total. The zero-order valence-corrected chi connectivity index (χ0v) is 20.4. The molecule has 0 fully saturated rings. The Balaban J connectivity index is 2.12. The summed E-state index contributed by atoms with van der Waals surface area (Å²) in [6.07, 6.45) is 0.780. The first-order valence-electron chi connectivity index (χ1n) is 10.7. The highest BCUT2D eigenvalue weighted by molar-refractivity contribution is 7.09. The molecule has 0 aliphatic carbocycles. The number of para-hydroxylation sites is 1. The molecule has 1 aromatic heterocycles. The lowest BCUT2D eigenvalue weighted by molar-refractivity contribution is -0.122. The number of nitrogens with zero attached hydrogens (tertiary/aromatic N) is 2. The number of rotatable bonds is 9. The van der Waals surface area contributed by atoms with Gasteiger partial charge in [0.15, 0.2) is 5.69 Å². The summed E-state index contributed by atoms with van der Waals surface area (Å²) in [5, 5.41) is 3.44. The highest BCUT2D eigenvalue weighted by atomic mass is 35.5. The molecule has 0 spiro atoms. The van der Waals surface area contributed by atoms with Crippen LogP contribution < -0.4 is 21.7 Å². The molecule has 0 aliphatic rings. The number of primary amides is 1. The summed E-state index contributed by atoms with van der Waals surface area (Å²) in [5.74, 6) is -1.38. The van der Waals surface area contributed by atoms with E-state index in [0.717, 1.165) is 18.0 Å². The van der Waals surface area contributed by atoms with Crippen molar-refractivity contribution >= 4 is 52.2 Å². The van der Waals surface area contributed by atoms with Crippen LogP contribution >= 0.6 is 23.1 Å². The number of aromatic nitrogens is 1. The van der Waals surface area contributed by atoms with Gasteiger partial charge in [-0.2, -0.15) is 4.37 Å². The molecule has 10 heteroatoms. The van der Waals surface area contributed by atoms with Crippen molar-refractivity contribution in [3.8, 4) is 0 Å². The van der Waals surface area contributed by atoms with Crippen molar-refractivity contribution in [2.24, 2.45) is 11.7 Å². The van der Waals surface area contributed by atoms with E-state index in [0.29, 0.717) is 28.7 Å². The first-order chi connectivity index (χ1) is 16.2. The van der Waals surface area contributed by atoms with Gasteiger partial charge in [0, 0.05) is 17.3 Å². The van der Waals surface area contributed by atoms with Crippen LogP contribution in [0, 0.1) is 5.92 Å². The van der Waals surface area contributed by atoms with Gasteiger partial charge in [0.1, 0.15) is 10.9 Å². The Morgan fingerprint density at radius 1 is 1.09 bits per heavy atom. The highest BCUT2D eigenvalue weighted by Crippen LogP contribution is 2.33. The van der Waals surface area contributed by atoms with Crippen LogP contribution in [0.1, 0.15) is 52.0 Å². The van der Waals surface area contributed by atoms with Gasteiger partial charge in [0.05, 0.1) is 5.69 Å². The number of hydrogen-bond donors (Lipinski definition) is 3. The van der Waals surface area contributed by atoms with Crippen LogP contribution in [0.3, 0.4) is 0 Å². The average molecular weight is 500 g/mol. The Bertz CT molecular complexity index is 1170. The molecule has 0 saturated carbocycles. The second-order valence-electron chi connectivity index (χ2n) is 8.08. The number of nitrogen functional groups attached to an aromatic ring is 1. The quantitative estimate of drug-likeness (QED) is 0.409. The van der Waals surface area contributed by atoms with E-state index in [2.05, 4.69) is 23.5 Å². The van der Waals surface area contributed by atoms with Gasteiger partial charge in [-0.25, -0.2) is 0 Å². The summed E-state index contributed by atoms with van der Waals surface area (Å²) < 4.78 is 3.95. The Morgan fingerprint density at radius 2 is 1.74 bits per heavy atom. The summed E-state index contributed by atoms with van der Waals surface area (Å²) in [6.45, 7) is 4.57. The topological polar surface area (TPSA) is 131 Å². The molecule has 2 aromatic carbocycles. The molecule has 1 heterocycles. The molecule has 0 aliphatic heterocycles. The molecule has 3 amide bonds. The Labute approximate surface area is 207 Å². The molecule has 0 bridgehead atoms. The van der Waals surface area contributed by atoms with Gasteiger partial charge in [-0.3, -0.25) is 19.3 Å². The van der Waals surface area contributed by atoms with Gasteiger partial charge >= 0.3 is 0 Å². The zero-order valence-electron chi connectivity index (χ0n) is 18.8. The number of halogens is 1. The van der Waals surface area contributed by atoms with Crippen LogP contribution in [-0.2, 0) is 4.79 Å². The summed E-state index contributed by atoms with van der Waals surface area (Å²) in [5.41, 5.74) is 12.1. The number of nitrogens with one attached hydrogen (secondary N) is 1. The molecule has 0 radical (unpaired) electrons. The number of carbonyl (C=O) groups excluding carboxylic acids is 3. The smallest absolute Gasteiger partial charge is 0.273 e. The first-order valence-corrected chi connectivity index (χ1v) is 11.8. The maximum atomic E-state index is 13.8. The first kappa shape index (κ1) is 25.2. The third-order valence-electron chi connectivity index (χ3n) is 5.12. The summed E-state index contributed by atoms with van der Waals surface area (Å²) in [4.78, 5) is 40.4. The van der Waals surface area contributed by atoms with E-state index >= 15 is 0 Å². The van der Waals surface area contributed by atoms with Crippen LogP contribution in [0.5, 0.6) is 0 Å². The summed E-state index contributed by atoms with van der Waals surface area (Å²) >= 11 is 6.84. The fraction of sp³-hybridized carbons (Fsp3) is 0.250. The average Bonchev–Trinajstić information content (AvgIpc) is 3.19. The van der Waals surface area contributed by atoms with Crippen LogP contribution in [0.2, 0.25) is 5.02 Å². The number of nitrogens with two attached hydrogens (primary N) is 2. The molecule has 178 valence electrons. The lowest BCUT2D eigenvalue weighted by atomic mass is 10.0. The van der Waals surface area contributed by atoms with Crippen molar-refractivity contribution in [2.75, 3.05) is 17.2 Å². The van der Waals surface area contributed by atoms with E-state index < -0.39 is 17.9 Å². The monoisotopic (exact) mass is 499 g/mol. The van der Waals surface area contributed by atoms with Gasteiger partial charge in [-0.1, -0.05) is 55.8 Å². The minimum Gasteiger partial charge on any atom is -0.395 e. The lowest BCUT2D eigenvalue weighted by Gasteiger charge is -2.31. The molecule has 3 aromatic rings. The van der Waals surface area contributed by atoms with Crippen molar-refractivity contribution < 1.29 is 14.4 Å². The molecule has 0 saturated heterocycles. The largest absolute Gasteiger partial charge is 0.395 e. The van der Waals surface area contributed by atoms with Gasteiger partial charge in [-0.15, -0.1) is 0 Å². The number of hydrogen-bond acceptors (Lipinski definition) is 6. The highest BCUT2D eigenvalue weighted by Gasteiger charge is 2.35. The molecule has 34 heavy (non-hydrogen) atoms. The van der Waals surface area contributed by atoms with Crippen LogP contribution in [0.15, 0.2) is 54.6 Å². The fourth-order valence-electron chi connectivity index (χ4n) is 3.35. The van der Waals surface area contributed by atoms with Crippen LogP contribution in [-0.4, -0.2) is 28.6 Å². The molecule has 1 atom stereocenters. The maximum Gasteiger partial charge on any atom is 0.273 e. The van der Waals surface area contributed by atoms with E-state index in [1.165, 1.54) is 4.90 Å².